The lowest BCUT2D eigenvalue weighted by molar-refractivity contribution is -0.122. The molecule has 0 saturated heterocycles. The van der Waals surface area contributed by atoms with Crippen LogP contribution < -0.4 is 11.1 Å². The van der Waals surface area contributed by atoms with Crippen molar-refractivity contribution in [2.75, 3.05) is 0 Å². The Hall–Kier alpha value is -0.940. The molecule has 0 aliphatic heterocycles. The zero-order valence-corrected chi connectivity index (χ0v) is 9.84. The van der Waals surface area contributed by atoms with Crippen LogP contribution in [-0.2, 0) is 11.3 Å². The molecule has 1 aromatic carbocycles. The summed E-state index contributed by atoms with van der Waals surface area (Å²) in [5, 5.41) is 2.60. The summed E-state index contributed by atoms with van der Waals surface area (Å²) in [5.74, 6) is -0.596. The number of nitrogens with one attached hydrogen (secondary N) is 1. The molecule has 1 rings (SSSR count). The summed E-state index contributed by atoms with van der Waals surface area (Å²) in [6, 6.07) is 4.15. The van der Waals surface area contributed by atoms with Crippen LogP contribution in [0.1, 0.15) is 12.5 Å². The first-order valence-corrected chi connectivity index (χ1v) is 5.27. The first-order chi connectivity index (χ1) is 7.00. The molecule has 0 bridgehead atoms. The van der Waals surface area contributed by atoms with Gasteiger partial charge < -0.3 is 11.1 Å². The van der Waals surface area contributed by atoms with Gasteiger partial charge in [-0.1, -0.05) is 6.07 Å². The van der Waals surface area contributed by atoms with Crippen molar-refractivity contribution in [2.45, 2.75) is 19.5 Å². The van der Waals surface area contributed by atoms with Gasteiger partial charge in [0.05, 0.1) is 10.5 Å². The van der Waals surface area contributed by atoms with Crippen molar-refractivity contribution in [3.05, 3.63) is 34.1 Å². The summed E-state index contributed by atoms with van der Waals surface area (Å²) < 4.78 is 13.5. The smallest absolute Gasteiger partial charge is 0.236 e. The third-order valence-electron chi connectivity index (χ3n) is 1.86. The lowest BCUT2D eigenvalue weighted by Gasteiger charge is -2.07. The van der Waals surface area contributed by atoms with Gasteiger partial charge in [0.15, 0.2) is 0 Å². The van der Waals surface area contributed by atoms with Crippen LogP contribution in [0.15, 0.2) is 22.7 Å². The van der Waals surface area contributed by atoms with Crippen LogP contribution in [0, 0.1) is 5.82 Å². The Bertz CT molecular complexity index is 368. The minimum atomic E-state index is -0.551. The van der Waals surface area contributed by atoms with Crippen molar-refractivity contribution in [3.63, 3.8) is 0 Å². The SMILES string of the molecule is CC(N)C(=O)NCc1ccc(Br)c(F)c1. The van der Waals surface area contributed by atoms with Crippen LogP contribution in [0.4, 0.5) is 4.39 Å². The molecule has 0 heterocycles. The van der Waals surface area contributed by atoms with E-state index in [1.807, 2.05) is 0 Å². The monoisotopic (exact) mass is 274 g/mol. The Morgan fingerprint density at radius 2 is 2.33 bits per heavy atom. The molecule has 1 aromatic rings. The molecule has 0 saturated carbocycles. The lowest BCUT2D eigenvalue weighted by atomic mass is 10.2. The molecular formula is C10H12BrFN2O. The summed E-state index contributed by atoms with van der Waals surface area (Å²) in [7, 11) is 0. The topological polar surface area (TPSA) is 55.1 Å². The molecule has 1 atom stereocenters. The van der Waals surface area contributed by atoms with E-state index >= 15 is 0 Å². The number of carbonyl (C=O) groups is 1. The number of halogens is 2. The standard InChI is InChI=1S/C10H12BrFN2O/c1-6(13)10(15)14-5-7-2-3-8(11)9(12)4-7/h2-4,6H,5,13H2,1H3,(H,14,15). The van der Waals surface area contributed by atoms with Gasteiger partial charge in [-0.05, 0) is 40.5 Å². The molecule has 5 heteroatoms. The lowest BCUT2D eigenvalue weighted by Crippen LogP contribution is -2.37. The van der Waals surface area contributed by atoms with Crippen LogP contribution in [-0.4, -0.2) is 11.9 Å². The highest BCUT2D eigenvalue weighted by Gasteiger charge is 2.07. The molecule has 0 aliphatic rings. The van der Waals surface area contributed by atoms with Crippen LogP contribution in [0.5, 0.6) is 0 Å². The van der Waals surface area contributed by atoms with Gasteiger partial charge >= 0.3 is 0 Å². The summed E-state index contributed by atoms with van der Waals surface area (Å²) in [6.07, 6.45) is 0. The predicted octanol–water partition coefficient (Wildman–Crippen LogP) is 1.55. The summed E-state index contributed by atoms with van der Waals surface area (Å²) in [6.45, 7) is 1.88. The van der Waals surface area contributed by atoms with Gasteiger partial charge in [0, 0.05) is 6.54 Å². The predicted molar refractivity (Wildman–Crippen MR) is 59.6 cm³/mol. The van der Waals surface area contributed by atoms with E-state index in [4.69, 9.17) is 5.73 Å². The van der Waals surface area contributed by atoms with E-state index in [-0.39, 0.29) is 18.3 Å². The molecular weight excluding hydrogens is 263 g/mol. The maximum absolute atomic E-state index is 13.1. The van der Waals surface area contributed by atoms with Crippen molar-refractivity contribution in [1.82, 2.24) is 5.32 Å². The highest BCUT2D eigenvalue weighted by atomic mass is 79.9. The number of hydrogen-bond donors (Lipinski definition) is 2. The van der Waals surface area contributed by atoms with Gasteiger partial charge in [0.1, 0.15) is 5.82 Å². The number of nitrogens with two attached hydrogens (primary N) is 1. The Kier molecular flexibility index (Phi) is 4.23. The minimum absolute atomic E-state index is 0.252. The van der Waals surface area contributed by atoms with Gasteiger partial charge in [-0.2, -0.15) is 0 Å². The summed E-state index contributed by atoms with van der Waals surface area (Å²) in [4.78, 5) is 11.1. The van der Waals surface area contributed by atoms with Gasteiger partial charge in [0.25, 0.3) is 0 Å². The second-order valence-corrected chi connectivity index (χ2v) is 4.11. The molecule has 3 nitrogen and oxygen atoms in total. The largest absolute Gasteiger partial charge is 0.351 e. The number of rotatable bonds is 3. The van der Waals surface area contributed by atoms with Crippen molar-refractivity contribution >= 4 is 21.8 Å². The third kappa shape index (κ3) is 3.60. The van der Waals surface area contributed by atoms with Gasteiger partial charge in [0.2, 0.25) is 5.91 Å². The van der Waals surface area contributed by atoms with E-state index < -0.39 is 6.04 Å². The van der Waals surface area contributed by atoms with Crippen LogP contribution >= 0.6 is 15.9 Å². The van der Waals surface area contributed by atoms with Crippen LogP contribution in [0.25, 0.3) is 0 Å². The van der Waals surface area contributed by atoms with Crippen LogP contribution in [0.3, 0.4) is 0 Å². The quantitative estimate of drug-likeness (QED) is 0.879. The van der Waals surface area contributed by atoms with Crippen molar-refractivity contribution in [1.29, 1.82) is 0 Å². The Labute approximate surface area is 96.0 Å². The van der Waals surface area contributed by atoms with Crippen molar-refractivity contribution in [2.24, 2.45) is 5.73 Å². The van der Waals surface area contributed by atoms with E-state index in [1.54, 1.807) is 19.1 Å². The van der Waals surface area contributed by atoms with Gasteiger partial charge in [-0.3, -0.25) is 4.79 Å². The van der Waals surface area contributed by atoms with E-state index in [1.165, 1.54) is 6.07 Å². The second-order valence-electron chi connectivity index (χ2n) is 3.25. The highest BCUT2D eigenvalue weighted by molar-refractivity contribution is 9.10. The normalized spacial score (nSPS) is 12.3. The van der Waals surface area contributed by atoms with E-state index in [0.717, 1.165) is 0 Å². The Balaban J connectivity index is 2.58. The molecule has 15 heavy (non-hydrogen) atoms. The zero-order valence-electron chi connectivity index (χ0n) is 8.26. The van der Waals surface area contributed by atoms with Crippen molar-refractivity contribution in [3.8, 4) is 0 Å². The average molecular weight is 275 g/mol. The van der Waals surface area contributed by atoms with Crippen LogP contribution in [0.2, 0.25) is 0 Å². The van der Waals surface area contributed by atoms with Crippen molar-refractivity contribution < 1.29 is 9.18 Å². The average Bonchev–Trinajstić information content (AvgIpc) is 2.19. The first-order valence-electron chi connectivity index (χ1n) is 4.48. The van der Waals surface area contributed by atoms with E-state index in [2.05, 4.69) is 21.2 Å². The second kappa shape index (κ2) is 5.23. The Morgan fingerprint density at radius 3 is 2.87 bits per heavy atom. The van der Waals surface area contributed by atoms with Gasteiger partial charge in [-0.25, -0.2) is 4.39 Å². The minimum Gasteiger partial charge on any atom is -0.351 e. The zero-order chi connectivity index (χ0) is 11.4. The fourth-order valence-corrected chi connectivity index (χ4v) is 1.25. The number of amides is 1. The fourth-order valence-electron chi connectivity index (χ4n) is 1.000. The molecule has 82 valence electrons. The summed E-state index contributed by atoms with van der Waals surface area (Å²) in [5.41, 5.74) is 6.06. The Morgan fingerprint density at radius 1 is 1.67 bits per heavy atom. The molecule has 0 radical (unpaired) electrons. The molecule has 0 aliphatic carbocycles. The third-order valence-corrected chi connectivity index (χ3v) is 2.51. The van der Waals surface area contributed by atoms with Gasteiger partial charge in [-0.15, -0.1) is 0 Å². The fraction of sp³-hybridized carbons (Fsp3) is 0.300. The molecule has 0 spiro atoms. The van der Waals surface area contributed by atoms with E-state index in [0.29, 0.717) is 10.0 Å². The first kappa shape index (κ1) is 12.1. The maximum atomic E-state index is 13.1. The van der Waals surface area contributed by atoms with E-state index in [9.17, 15) is 9.18 Å². The molecule has 1 amide bonds. The number of hydrogen-bond acceptors (Lipinski definition) is 2. The molecule has 1 unspecified atom stereocenters. The highest BCUT2D eigenvalue weighted by Crippen LogP contribution is 2.16. The number of carbonyl (C=O) groups excluding carboxylic acids is 1. The molecule has 3 N–H and O–H groups in total. The summed E-state index contributed by atoms with van der Waals surface area (Å²) >= 11 is 3.05. The maximum Gasteiger partial charge on any atom is 0.236 e. The number of benzene rings is 1. The molecule has 0 fully saturated rings. The molecule has 0 aromatic heterocycles.